The number of imidazole rings is 1. The smallest absolute Gasteiger partial charge is 0.227 e. The molecule has 0 saturated heterocycles. The Morgan fingerprint density at radius 3 is 2.54 bits per heavy atom. The highest BCUT2D eigenvalue weighted by molar-refractivity contribution is 7.90. The van der Waals surface area contributed by atoms with Crippen LogP contribution in [0.5, 0.6) is 0 Å². The van der Waals surface area contributed by atoms with Gasteiger partial charge in [0.1, 0.15) is 0 Å². The van der Waals surface area contributed by atoms with Crippen molar-refractivity contribution in [1.29, 1.82) is 0 Å². The Kier molecular flexibility index (Phi) is 6.91. The Labute approximate surface area is 168 Å². The van der Waals surface area contributed by atoms with Gasteiger partial charge in [0.2, 0.25) is 15.0 Å². The summed E-state index contributed by atoms with van der Waals surface area (Å²) in [5.41, 5.74) is 1.76. The molecule has 1 N–H and O–H groups in total. The molecule has 0 amide bonds. The van der Waals surface area contributed by atoms with E-state index in [9.17, 15) is 13.5 Å². The van der Waals surface area contributed by atoms with Gasteiger partial charge in [-0.1, -0.05) is 49.6 Å². The molecule has 154 valence electrons. The van der Waals surface area contributed by atoms with Crippen molar-refractivity contribution >= 4 is 9.84 Å². The summed E-state index contributed by atoms with van der Waals surface area (Å²) in [5, 5.41) is 10.6. The van der Waals surface area contributed by atoms with Gasteiger partial charge in [-0.3, -0.25) is 4.90 Å². The van der Waals surface area contributed by atoms with Crippen molar-refractivity contribution in [3.63, 3.8) is 0 Å². The van der Waals surface area contributed by atoms with E-state index in [1.807, 2.05) is 46.8 Å². The quantitative estimate of drug-likeness (QED) is 0.731. The molecule has 0 aliphatic heterocycles. The molecule has 2 aromatic rings. The highest BCUT2D eigenvalue weighted by Gasteiger charge is 2.23. The monoisotopic (exact) mass is 405 g/mol. The number of hydrogen-bond donors (Lipinski definition) is 1. The van der Waals surface area contributed by atoms with Gasteiger partial charge >= 0.3 is 0 Å². The number of aromatic nitrogens is 2. The molecule has 1 saturated carbocycles. The van der Waals surface area contributed by atoms with Crippen LogP contribution in [0.1, 0.15) is 49.5 Å². The van der Waals surface area contributed by atoms with Gasteiger partial charge in [0.15, 0.2) is 0 Å². The fourth-order valence-electron chi connectivity index (χ4n) is 4.05. The second kappa shape index (κ2) is 9.20. The van der Waals surface area contributed by atoms with E-state index < -0.39 is 15.9 Å². The molecule has 1 heterocycles. The van der Waals surface area contributed by atoms with Crippen LogP contribution in [0.3, 0.4) is 0 Å². The van der Waals surface area contributed by atoms with Crippen LogP contribution in [0.4, 0.5) is 0 Å². The largest absolute Gasteiger partial charge is 0.387 e. The van der Waals surface area contributed by atoms with Crippen molar-refractivity contribution in [2.75, 3.05) is 19.8 Å². The Hall–Kier alpha value is -1.70. The van der Waals surface area contributed by atoms with Gasteiger partial charge in [-0.25, -0.2) is 13.4 Å². The summed E-state index contributed by atoms with van der Waals surface area (Å²) < 4.78 is 26.3. The first-order chi connectivity index (χ1) is 13.3. The van der Waals surface area contributed by atoms with Crippen LogP contribution in [0, 0.1) is 5.92 Å². The van der Waals surface area contributed by atoms with Crippen LogP contribution in [-0.2, 0) is 22.9 Å². The van der Waals surface area contributed by atoms with E-state index in [0.29, 0.717) is 25.6 Å². The Balaban J connectivity index is 1.74. The lowest BCUT2D eigenvalue weighted by molar-refractivity contribution is 0.122. The van der Waals surface area contributed by atoms with Gasteiger partial charge in [-0.2, -0.15) is 0 Å². The second-order valence-corrected chi connectivity index (χ2v) is 9.95. The molecule has 1 aliphatic carbocycles. The highest BCUT2D eigenvalue weighted by atomic mass is 32.2. The number of aliphatic hydroxyl groups excluding tert-OH is 1. The predicted molar refractivity (Wildman–Crippen MR) is 110 cm³/mol. The molecule has 0 bridgehead atoms. The van der Waals surface area contributed by atoms with E-state index in [1.165, 1.54) is 25.5 Å². The maximum absolute atomic E-state index is 12.2. The van der Waals surface area contributed by atoms with E-state index >= 15 is 0 Å². The number of likely N-dealkylation sites (N-methyl/N-ethyl adjacent to an activating group) is 1. The minimum absolute atomic E-state index is 0.157. The van der Waals surface area contributed by atoms with Gasteiger partial charge in [0.05, 0.1) is 18.0 Å². The summed E-state index contributed by atoms with van der Waals surface area (Å²) in [6.45, 7) is 1.71. The third-order valence-electron chi connectivity index (χ3n) is 5.50. The molecular formula is C21H31N3O3S. The first kappa shape index (κ1) is 21.0. The number of aliphatic hydroxyl groups is 1. The summed E-state index contributed by atoms with van der Waals surface area (Å²) in [5.74, 6) is 0.502. The fourth-order valence-corrected chi connectivity index (χ4v) is 4.89. The molecule has 1 fully saturated rings. The van der Waals surface area contributed by atoms with Crippen LogP contribution in [-0.4, -0.2) is 47.8 Å². The third kappa shape index (κ3) is 5.43. The molecule has 28 heavy (non-hydrogen) atoms. The van der Waals surface area contributed by atoms with Crippen molar-refractivity contribution in [3.8, 4) is 0 Å². The Morgan fingerprint density at radius 2 is 1.89 bits per heavy atom. The zero-order valence-electron chi connectivity index (χ0n) is 16.8. The molecular weight excluding hydrogens is 374 g/mol. The molecule has 1 aliphatic rings. The van der Waals surface area contributed by atoms with Gasteiger partial charge in [0.25, 0.3) is 0 Å². The molecule has 1 unspecified atom stereocenters. The third-order valence-corrected chi connectivity index (χ3v) is 6.49. The van der Waals surface area contributed by atoms with E-state index in [0.717, 1.165) is 24.1 Å². The lowest BCUT2D eigenvalue weighted by atomic mass is 9.89. The first-order valence-corrected chi connectivity index (χ1v) is 11.9. The highest BCUT2D eigenvalue weighted by Crippen LogP contribution is 2.27. The van der Waals surface area contributed by atoms with Gasteiger partial charge in [-0.15, -0.1) is 0 Å². The summed E-state index contributed by atoms with van der Waals surface area (Å²) in [4.78, 5) is 6.24. The van der Waals surface area contributed by atoms with Crippen LogP contribution in [0.25, 0.3) is 0 Å². The molecule has 0 spiro atoms. The maximum Gasteiger partial charge on any atom is 0.227 e. The normalized spacial score (nSPS) is 17.1. The van der Waals surface area contributed by atoms with Crippen LogP contribution in [0.2, 0.25) is 0 Å². The minimum atomic E-state index is -3.38. The van der Waals surface area contributed by atoms with Crippen molar-refractivity contribution in [3.05, 3.63) is 47.8 Å². The number of benzene rings is 1. The Morgan fingerprint density at radius 1 is 1.21 bits per heavy atom. The van der Waals surface area contributed by atoms with Crippen molar-refractivity contribution < 1.29 is 13.5 Å². The van der Waals surface area contributed by atoms with E-state index in [1.54, 1.807) is 6.20 Å². The molecule has 1 aromatic carbocycles. The molecule has 1 atom stereocenters. The lowest BCUT2D eigenvalue weighted by Crippen LogP contribution is -2.27. The minimum Gasteiger partial charge on any atom is -0.387 e. The number of rotatable bonds is 8. The summed E-state index contributed by atoms with van der Waals surface area (Å²) in [6.07, 6.45) is 8.29. The number of nitrogens with zero attached hydrogens (tertiary/aromatic N) is 3. The topological polar surface area (TPSA) is 75.4 Å². The first-order valence-electron chi connectivity index (χ1n) is 10.0. The molecule has 3 rings (SSSR count). The van der Waals surface area contributed by atoms with Crippen LogP contribution in [0.15, 0.2) is 41.7 Å². The zero-order chi connectivity index (χ0) is 20.1. The van der Waals surface area contributed by atoms with E-state index in [2.05, 4.69) is 4.98 Å². The zero-order valence-corrected chi connectivity index (χ0v) is 17.6. The Bertz CT molecular complexity index is 858. The lowest BCUT2D eigenvalue weighted by Gasteiger charge is -2.25. The summed E-state index contributed by atoms with van der Waals surface area (Å²) >= 11 is 0. The SMILES string of the molecule is CN(Cc1cnc(S(C)(=O)=O)n1CC1CCCCC1)CC(O)c1ccccc1. The standard InChI is InChI=1S/C21H31N3O3S/c1-23(16-20(25)18-11-7-4-8-12-18)15-19-13-22-21(28(2,26)27)24(19)14-17-9-5-3-6-10-17/h4,7-8,11-13,17,20,25H,3,5-6,9-10,14-16H2,1-2H3. The number of sulfone groups is 1. The van der Waals surface area contributed by atoms with E-state index in [4.69, 9.17) is 0 Å². The average molecular weight is 406 g/mol. The maximum atomic E-state index is 12.2. The van der Waals surface area contributed by atoms with Gasteiger partial charge < -0.3 is 9.67 Å². The van der Waals surface area contributed by atoms with Crippen molar-refractivity contribution in [2.24, 2.45) is 5.92 Å². The molecule has 7 heteroatoms. The van der Waals surface area contributed by atoms with Gasteiger partial charge in [0, 0.05) is 25.9 Å². The second-order valence-electron chi connectivity index (χ2n) is 8.04. The number of hydrogen-bond acceptors (Lipinski definition) is 5. The summed E-state index contributed by atoms with van der Waals surface area (Å²) in [6, 6.07) is 9.57. The average Bonchev–Trinajstić information content (AvgIpc) is 3.05. The molecule has 1 aromatic heterocycles. The van der Waals surface area contributed by atoms with Crippen LogP contribution >= 0.6 is 0 Å². The fraction of sp³-hybridized carbons (Fsp3) is 0.571. The van der Waals surface area contributed by atoms with E-state index in [-0.39, 0.29) is 5.16 Å². The van der Waals surface area contributed by atoms with Crippen molar-refractivity contribution in [1.82, 2.24) is 14.5 Å². The molecule has 6 nitrogen and oxygen atoms in total. The van der Waals surface area contributed by atoms with Gasteiger partial charge in [-0.05, 0) is 31.4 Å². The summed E-state index contributed by atoms with van der Waals surface area (Å²) in [7, 11) is -1.45. The van der Waals surface area contributed by atoms with Crippen molar-refractivity contribution in [2.45, 2.75) is 56.5 Å². The predicted octanol–water partition coefficient (Wildman–Crippen LogP) is 3.03. The van der Waals surface area contributed by atoms with Crippen LogP contribution < -0.4 is 0 Å². The molecule has 0 radical (unpaired) electrons.